The zero-order valence-electron chi connectivity index (χ0n) is 41.2. The molecule has 4 fully saturated rings. The van der Waals surface area contributed by atoms with Crippen molar-refractivity contribution in [2.75, 3.05) is 41.4 Å². The van der Waals surface area contributed by atoms with Gasteiger partial charge in [0.05, 0.1) is 42.9 Å². The Morgan fingerprint density at radius 2 is 1.36 bits per heavy atom. The van der Waals surface area contributed by atoms with Crippen molar-refractivity contribution in [2.24, 2.45) is 5.92 Å². The maximum Gasteiger partial charge on any atom is 0.329 e. The number of anilines is 3. The summed E-state index contributed by atoms with van der Waals surface area (Å²) in [6.07, 6.45) is 3.78. The van der Waals surface area contributed by atoms with Crippen LogP contribution in [0, 0.1) is 17.8 Å². The number of benzene rings is 6. The highest BCUT2D eigenvalue weighted by Gasteiger charge is 2.75. The second-order valence-electron chi connectivity index (χ2n) is 20.1. The summed E-state index contributed by atoms with van der Waals surface area (Å²) in [5.74, 6) is 2.76. The van der Waals surface area contributed by atoms with Gasteiger partial charge in [-0.05, 0) is 115 Å². The molecule has 13 heteroatoms. The molecule has 5 aliphatic rings. The topological polar surface area (TPSA) is 161 Å². The molecule has 4 N–H and O–H groups in total. The van der Waals surface area contributed by atoms with E-state index in [1.165, 1.54) is 12.1 Å². The lowest BCUT2D eigenvalue weighted by Crippen LogP contribution is -2.55. The monoisotopic (exact) mass is 989 g/mol. The quantitative estimate of drug-likeness (QED) is 0.0657. The summed E-state index contributed by atoms with van der Waals surface area (Å²) in [7, 11) is 0. The number of hydrogen-bond donors (Lipinski definition) is 4. The molecular weight excluding hydrogens is 931 g/mol. The molecular formula is C61H59N5O8. The third-order valence-electron chi connectivity index (χ3n) is 15.7. The molecule has 4 amide bonds. The highest BCUT2D eigenvalue weighted by atomic mass is 16.6. The Kier molecular flexibility index (Phi) is 13.3. The highest BCUT2D eigenvalue weighted by molar-refractivity contribution is 6.25. The number of urea groups is 1. The lowest BCUT2D eigenvalue weighted by atomic mass is 9.65. The van der Waals surface area contributed by atoms with Crippen LogP contribution in [0.4, 0.5) is 21.9 Å². The van der Waals surface area contributed by atoms with Crippen LogP contribution < -0.4 is 20.4 Å². The first-order valence-corrected chi connectivity index (χ1v) is 25.7. The molecule has 0 bridgehead atoms. The zero-order valence-corrected chi connectivity index (χ0v) is 41.2. The molecule has 4 heterocycles. The minimum Gasteiger partial charge on any atom is -0.508 e. The van der Waals surface area contributed by atoms with Crippen LogP contribution in [0.5, 0.6) is 5.75 Å². The van der Waals surface area contributed by atoms with Crippen molar-refractivity contribution in [3.63, 3.8) is 0 Å². The van der Waals surface area contributed by atoms with Gasteiger partial charge in [-0.2, -0.15) is 0 Å². The van der Waals surface area contributed by atoms with E-state index in [4.69, 9.17) is 9.47 Å². The van der Waals surface area contributed by atoms with Gasteiger partial charge >= 0.3 is 12.0 Å². The number of rotatable bonds is 8. The summed E-state index contributed by atoms with van der Waals surface area (Å²) in [5.41, 5.74) is 1.82. The summed E-state index contributed by atoms with van der Waals surface area (Å²) >= 11 is 0. The predicted molar refractivity (Wildman–Crippen MR) is 281 cm³/mol. The maximum absolute atomic E-state index is 16.8. The largest absolute Gasteiger partial charge is 0.508 e. The number of cyclic esters (lactones) is 1. The number of hydrogen-bond acceptors (Lipinski definition) is 10. The number of amides is 4. The summed E-state index contributed by atoms with van der Waals surface area (Å²) in [4.78, 5) is 69.0. The van der Waals surface area contributed by atoms with Gasteiger partial charge in [-0.1, -0.05) is 128 Å². The number of fused-ring (bicyclic) bond motifs is 3. The van der Waals surface area contributed by atoms with Gasteiger partial charge in [0, 0.05) is 30.0 Å². The van der Waals surface area contributed by atoms with E-state index in [2.05, 4.69) is 27.4 Å². The first kappa shape index (κ1) is 48.5. The Hall–Kier alpha value is -7.76. The number of aliphatic hydroxyl groups is 1. The van der Waals surface area contributed by atoms with Crippen molar-refractivity contribution in [2.45, 2.75) is 86.7 Å². The molecule has 1 spiro atoms. The van der Waals surface area contributed by atoms with E-state index < -0.39 is 71.0 Å². The van der Waals surface area contributed by atoms with Gasteiger partial charge in [0.1, 0.15) is 28.9 Å². The van der Waals surface area contributed by atoms with E-state index in [-0.39, 0.29) is 11.4 Å². The molecule has 376 valence electrons. The maximum atomic E-state index is 16.8. The number of carbonyl (C=O) groups is 4. The third kappa shape index (κ3) is 8.86. The van der Waals surface area contributed by atoms with Crippen LogP contribution in [0.25, 0.3) is 0 Å². The van der Waals surface area contributed by atoms with Crippen molar-refractivity contribution in [1.29, 1.82) is 0 Å². The molecule has 7 atom stereocenters. The number of phenols is 1. The minimum atomic E-state index is -2.06. The molecule has 0 aromatic heterocycles. The van der Waals surface area contributed by atoms with Crippen molar-refractivity contribution in [1.82, 2.24) is 10.2 Å². The number of esters is 1. The number of carbonyl (C=O) groups excluding carboxylic acids is 4. The van der Waals surface area contributed by atoms with Crippen LogP contribution in [0.2, 0.25) is 0 Å². The van der Waals surface area contributed by atoms with Gasteiger partial charge in [0.25, 0.3) is 0 Å². The molecule has 13 nitrogen and oxygen atoms in total. The van der Waals surface area contributed by atoms with E-state index >= 15 is 19.2 Å². The van der Waals surface area contributed by atoms with Crippen molar-refractivity contribution in [3.8, 4) is 17.6 Å². The fourth-order valence-corrected chi connectivity index (χ4v) is 12.1. The van der Waals surface area contributed by atoms with E-state index in [9.17, 15) is 10.2 Å². The zero-order chi connectivity index (χ0) is 51.0. The first-order chi connectivity index (χ1) is 36.0. The molecule has 74 heavy (non-hydrogen) atoms. The molecule has 1 saturated carbocycles. The highest BCUT2D eigenvalue weighted by Crippen LogP contribution is 2.66. The number of ether oxygens (including phenoxy) is 2. The first-order valence-electron chi connectivity index (χ1n) is 25.7. The number of nitrogens with zero attached hydrogens (tertiary/aromatic N) is 3. The van der Waals surface area contributed by atoms with Gasteiger partial charge in [0.15, 0.2) is 0 Å². The summed E-state index contributed by atoms with van der Waals surface area (Å²) < 4.78 is 12.2. The summed E-state index contributed by atoms with van der Waals surface area (Å²) in [6.45, 7) is 4.45. The lowest BCUT2D eigenvalue weighted by molar-refractivity contribution is -0.177. The normalized spacial score (nSPS) is 24.6. The van der Waals surface area contributed by atoms with E-state index in [1.807, 2.05) is 115 Å². The van der Waals surface area contributed by atoms with Crippen LogP contribution >= 0.6 is 0 Å². The second kappa shape index (κ2) is 20.3. The number of phenolic OH excluding ortho intramolecular Hbond substituents is 1. The minimum absolute atomic E-state index is 0.0324. The molecule has 0 radical (unpaired) electrons. The van der Waals surface area contributed by atoms with Gasteiger partial charge in [-0.15, -0.1) is 0 Å². The lowest BCUT2D eigenvalue weighted by Gasteiger charge is -2.46. The number of morpholine rings is 2. The van der Waals surface area contributed by atoms with Crippen molar-refractivity contribution < 1.29 is 38.9 Å². The standard InChI is InChI=1S/C61H59N5O8/c1-40(42-15-7-4-8-16-42)62-59(71)65-50-30-21-41(31-34-60(72)32-13-2-3-14-33-60)39-49(50)61(58(65)70)51(56(68)63-46-24-26-47(27-25-46)64-35-37-73-38-36-64)53-57(69)74-54(44-19-11-6-12-20-44)52(43-17-9-5-10-18-43)66(53)55(61)45-22-28-48(67)29-23-45/h4-12,15-30,39-40,51-55,67,72H,2-3,13-14,32-33,35-38H2,1H3,(H,62,71)(H,63,68)/t40-,51+,52+,53+,54-,55-,61+/m1/s1. The third-order valence-corrected chi connectivity index (χ3v) is 15.7. The SMILES string of the molecule is C[C@@H](NC(=O)N1C(=O)[C@@]2(c3cc(C#CC4(O)CCCCCC4)ccc31)[C@H](C(=O)Nc1ccc(N3CCOCC3)cc1)[C@H]1C(=O)O[C@H](c3ccccc3)[C@H](c3ccccc3)N1[C@@H]2c1ccc(O)cc1)c1ccccc1. The Bertz CT molecular complexity index is 3090. The molecule has 3 saturated heterocycles. The fourth-order valence-electron chi connectivity index (χ4n) is 12.1. The molecule has 1 aliphatic carbocycles. The smallest absolute Gasteiger partial charge is 0.329 e. The average Bonchev–Trinajstić information content (AvgIpc) is 3.84. The van der Waals surface area contributed by atoms with Crippen LogP contribution in [-0.4, -0.2) is 76.9 Å². The summed E-state index contributed by atoms with van der Waals surface area (Å²) in [5, 5.41) is 28.9. The van der Waals surface area contributed by atoms with Crippen LogP contribution in [-0.2, 0) is 29.3 Å². The Morgan fingerprint density at radius 1 is 0.730 bits per heavy atom. The van der Waals surface area contributed by atoms with Gasteiger partial charge in [0.2, 0.25) is 11.8 Å². The Morgan fingerprint density at radius 3 is 2.03 bits per heavy atom. The Balaban J connectivity index is 1.15. The molecule has 6 aromatic carbocycles. The number of aromatic hydroxyl groups is 1. The number of imide groups is 1. The Labute approximate surface area is 431 Å². The van der Waals surface area contributed by atoms with Crippen LogP contribution in [0.1, 0.15) is 103 Å². The molecule has 6 aromatic rings. The van der Waals surface area contributed by atoms with Crippen LogP contribution in [0.3, 0.4) is 0 Å². The summed E-state index contributed by atoms with van der Waals surface area (Å²) in [6, 6.07) is 42.8. The fraction of sp³-hybridized carbons (Fsp3) is 0.311. The van der Waals surface area contributed by atoms with Gasteiger partial charge in [-0.3, -0.25) is 19.3 Å². The average molecular weight is 990 g/mol. The van der Waals surface area contributed by atoms with E-state index in [0.717, 1.165) is 47.4 Å². The molecule has 0 unspecified atom stereocenters. The number of nitrogens with one attached hydrogen (secondary N) is 2. The van der Waals surface area contributed by atoms with Crippen LogP contribution in [0.15, 0.2) is 158 Å². The van der Waals surface area contributed by atoms with E-state index in [1.54, 1.807) is 42.5 Å². The molecule has 4 aliphatic heterocycles. The van der Waals surface area contributed by atoms with E-state index in [0.29, 0.717) is 67.1 Å². The van der Waals surface area contributed by atoms with Gasteiger partial charge in [-0.25, -0.2) is 9.69 Å². The second-order valence-corrected chi connectivity index (χ2v) is 20.1. The predicted octanol–water partition coefficient (Wildman–Crippen LogP) is 9.44. The van der Waals surface area contributed by atoms with Crippen molar-refractivity contribution >= 4 is 40.9 Å². The van der Waals surface area contributed by atoms with Crippen molar-refractivity contribution in [3.05, 3.63) is 191 Å². The molecule has 11 rings (SSSR count). The van der Waals surface area contributed by atoms with Gasteiger partial charge < -0.3 is 35.2 Å².